The van der Waals surface area contributed by atoms with E-state index in [9.17, 15) is 19.7 Å². The smallest absolute Gasteiger partial charge is 0.270 e. The number of nitro benzene ring substituents is 1. The highest BCUT2D eigenvalue weighted by Gasteiger charge is 2.29. The van der Waals surface area contributed by atoms with Crippen molar-refractivity contribution in [2.45, 2.75) is 19.8 Å². The van der Waals surface area contributed by atoms with E-state index in [4.69, 9.17) is 0 Å². The standard InChI is InChI=1S/C17H18N4O4S/c1-11-8-18-17(26-11)19-15(22)10-20(9-12-5-6-12)16(23)13-3-2-4-14(7-13)21(24)25/h2-4,7-8,12H,5-6,9-10H2,1H3,(H,18,19,22). The number of nitrogens with one attached hydrogen (secondary N) is 1. The third-order valence-electron chi connectivity index (χ3n) is 3.97. The Hall–Kier alpha value is -2.81. The van der Waals surface area contributed by atoms with Crippen LogP contribution in [0.4, 0.5) is 10.8 Å². The summed E-state index contributed by atoms with van der Waals surface area (Å²) in [5.74, 6) is -0.336. The van der Waals surface area contributed by atoms with E-state index in [1.807, 2.05) is 6.92 Å². The molecule has 1 N–H and O–H groups in total. The highest BCUT2D eigenvalue weighted by Crippen LogP contribution is 2.30. The second-order valence-corrected chi connectivity index (χ2v) is 7.50. The highest BCUT2D eigenvalue weighted by atomic mass is 32.1. The molecule has 0 saturated heterocycles. The number of non-ortho nitro benzene ring substituents is 1. The fourth-order valence-electron chi connectivity index (χ4n) is 2.51. The summed E-state index contributed by atoms with van der Waals surface area (Å²) in [6.45, 7) is 2.24. The van der Waals surface area contributed by atoms with Gasteiger partial charge in [-0.3, -0.25) is 19.7 Å². The minimum atomic E-state index is -0.542. The van der Waals surface area contributed by atoms with E-state index in [0.29, 0.717) is 17.6 Å². The predicted octanol–water partition coefficient (Wildman–Crippen LogP) is 2.85. The lowest BCUT2D eigenvalue weighted by Crippen LogP contribution is -2.39. The van der Waals surface area contributed by atoms with Crippen molar-refractivity contribution < 1.29 is 14.5 Å². The molecule has 0 aliphatic heterocycles. The summed E-state index contributed by atoms with van der Waals surface area (Å²) in [4.78, 5) is 42.0. The number of carbonyl (C=O) groups is 2. The molecule has 0 radical (unpaired) electrons. The van der Waals surface area contributed by atoms with Gasteiger partial charge in [-0.2, -0.15) is 0 Å². The van der Waals surface area contributed by atoms with Gasteiger partial charge in [-0.15, -0.1) is 11.3 Å². The molecule has 136 valence electrons. The molecule has 1 saturated carbocycles. The largest absolute Gasteiger partial charge is 0.329 e. The number of aromatic nitrogens is 1. The summed E-state index contributed by atoms with van der Waals surface area (Å²) < 4.78 is 0. The van der Waals surface area contributed by atoms with Gasteiger partial charge in [-0.05, 0) is 31.7 Å². The Morgan fingerprint density at radius 1 is 1.42 bits per heavy atom. The third kappa shape index (κ3) is 4.63. The molecule has 9 heteroatoms. The summed E-state index contributed by atoms with van der Waals surface area (Å²) in [6.07, 6.45) is 3.70. The lowest BCUT2D eigenvalue weighted by atomic mass is 10.1. The van der Waals surface area contributed by atoms with Crippen molar-refractivity contribution in [1.82, 2.24) is 9.88 Å². The Kier molecular flexibility index (Phi) is 5.27. The van der Waals surface area contributed by atoms with Gasteiger partial charge >= 0.3 is 0 Å². The molecule has 1 aliphatic rings. The zero-order valence-corrected chi connectivity index (χ0v) is 15.0. The van der Waals surface area contributed by atoms with Crippen molar-refractivity contribution in [3.05, 3.63) is 51.0 Å². The van der Waals surface area contributed by atoms with E-state index in [1.165, 1.54) is 40.5 Å². The third-order valence-corrected chi connectivity index (χ3v) is 4.80. The van der Waals surface area contributed by atoms with E-state index >= 15 is 0 Å². The molecule has 3 rings (SSSR count). The first kappa shape index (κ1) is 18.0. The first-order valence-corrected chi connectivity index (χ1v) is 9.00. The summed E-state index contributed by atoms with van der Waals surface area (Å²) in [5.41, 5.74) is 0.0580. The molecule has 8 nitrogen and oxygen atoms in total. The predicted molar refractivity (Wildman–Crippen MR) is 97.2 cm³/mol. The van der Waals surface area contributed by atoms with E-state index in [1.54, 1.807) is 6.20 Å². The molecule has 2 amide bonds. The van der Waals surface area contributed by atoms with Crippen molar-refractivity contribution in [1.29, 1.82) is 0 Å². The van der Waals surface area contributed by atoms with Crippen LogP contribution in [0.25, 0.3) is 0 Å². The van der Waals surface area contributed by atoms with E-state index in [-0.39, 0.29) is 29.6 Å². The van der Waals surface area contributed by atoms with Crippen molar-refractivity contribution in [3.63, 3.8) is 0 Å². The molecule has 1 aliphatic carbocycles. The number of anilines is 1. The van der Waals surface area contributed by atoms with Gasteiger partial charge in [0.15, 0.2) is 5.13 Å². The molecule has 26 heavy (non-hydrogen) atoms. The van der Waals surface area contributed by atoms with Crippen molar-refractivity contribution >= 4 is 34.0 Å². The van der Waals surface area contributed by atoms with Crippen LogP contribution in [-0.2, 0) is 4.79 Å². The van der Waals surface area contributed by atoms with Crippen LogP contribution < -0.4 is 5.32 Å². The summed E-state index contributed by atoms with van der Waals surface area (Å²) >= 11 is 1.36. The van der Waals surface area contributed by atoms with Crippen LogP contribution in [0.3, 0.4) is 0 Å². The van der Waals surface area contributed by atoms with E-state index in [2.05, 4.69) is 10.3 Å². The minimum Gasteiger partial charge on any atom is -0.329 e. The number of benzene rings is 1. The number of hydrogen-bond acceptors (Lipinski definition) is 6. The first-order chi connectivity index (χ1) is 12.4. The summed E-state index contributed by atoms with van der Waals surface area (Å²) in [6, 6.07) is 5.57. The van der Waals surface area contributed by atoms with Gasteiger partial charge in [-0.1, -0.05) is 6.07 Å². The molecule has 0 bridgehead atoms. The van der Waals surface area contributed by atoms with E-state index < -0.39 is 4.92 Å². The van der Waals surface area contributed by atoms with Crippen LogP contribution in [0.15, 0.2) is 30.5 Å². The van der Waals surface area contributed by atoms with Gasteiger partial charge in [0.1, 0.15) is 6.54 Å². The number of amides is 2. The normalized spacial score (nSPS) is 13.3. The van der Waals surface area contributed by atoms with Crippen LogP contribution in [0.5, 0.6) is 0 Å². The maximum atomic E-state index is 12.8. The first-order valence-electron chi connectivity index (χ1n) is 8.18. The molecule has 2 aromatic rings. The summed E-state index contributed by atoms with van der Waals surface area (Å²) in [7, 11) is 0. The van der Waals surface area contributed by atoms with Gasteiger partial charge in [-0.25, -0.2) is 4.98 Å². The van der Waals surface area contributed by atoms with Crippen molar-refractivity contribution in [2.24, 2.45) is 5.92 Å². The lowest BCUT2D eigenvalue weighted by molar-refractivity contribution is -0.384. The van der Waals surface area contributed by atoms with Gasteiger partial charge in [0.05, 0.1) is 4.92 Å². The minimum absolute atomic E-state index is 0.114. The van der Waals surface area contributed by atoms with Crippen molar-refractivity contribution in [3.8, 4) is 0 Å². The zero-order valence-electron chi connectivity index (χ0n) is 14.2. The second kappa shape index (κ2) is 7.61. The molecular weight excluding hydrogens is 356 g/mol. The Morgan fingerprint density at radius 2 is 2.19 bits per heavy atom. The topological polar surface area (TPSA) is 105 Å². The Balaban J connectivity index is 1.72. The average molecular weight is 374 g/mol. The van der Waals surface area contributed by atoms with Gasteiger partial charge in [0.25, 0.3) is 11.6 Å². The highest BCUT2D eigenvalue weighted by molar-refractivity contribution is 7.15. The van der Waals surface area contributed by atoms with E-state index in [0.717, 1.165) is 17.7 Å². The monoisotopic (exact) mass is 374 g/mol. The number of nitro groups is 1. The molecule has 0 atom stereocenters. The Morgan fingerprint density at radius 3 is 2.81 bits per heavy atom. The van der Waals surface area contributed by atoms with Gasteiger partial charge in [0.2, 0.25) is 5.91 Å². The van der Waals surface area contributed by atoms with Crippen LogP contribution in [0, 0.1) is 23.0 Å². The quantitative estimate of drug-likeness (QED) is 0.592. The Bertz CT molecular complexity index is 847. The molecule has 1 fully saturated rings. The number of aryl methyl sites for hydroxylation is 1. The molecule has 1 heterocycles. The van der Waals surface area contributed by atoms with Gasteiger partial charge in [0, 0.05) is 35.3 Å². The summed E-state index contributed by atoms with van der Waals surface area (Å²) in [5, 5.41) is 14.1. The average Bonchev–Trinajstić information content (AvgIpc) is 3.34. The fraction of sp³-hybridized carbons (Fsp3) is 0.353. The van der Waals surface area contributed by atoms with Crippen molar-refractivity contribution in [2.75, 3.05) is 18.4 Å². The SMILES string of the molecule is Cc1cnc(NC(=O)CN(CC2CC2)C(=O)c2cccc([N+](=O)[O-])c2)s1. The molecule has 1 aromatic heterocycles. The molecule has 0 unspecified atom stereocenters. The second-order valence-electron chi connectivity index (χ2n) is 6.26. The number of hydrogen-bond donors (Lipinski definition) is 1. The van der Waals surface area contributed by atoms with Gasteiger partial charge < -0.3 is 10.2 Å². The van der Waals surface area contributed by atoms with Crippen LogP contribution in [0.1, 0.15) is 28.1 Å². The number of rotatable bonds is 7. The lowest BCUT2D eigenvalue weighted by Gasteiger charge is -2.22. The Labute approximate surface area is 154 Å². The van der Waals surface area contributed by atoms with Crippen LogP contribution in [0.2, 0.25) is 0 Å². The molecule has 1 aromatic carbocycles. The fourth-order valence-corrected chi connectivity index (χ4v) is 3.19. The van der Waals surface area contributed by atoms with Crippen LogP contribution in [-0.4, -0.2) is 39.7 Å². The zero-order chi connectivity index (χ0) is 18.7. The molecule has 0 spiro atoms. The van der Waals surface area contributed by atoms with Crippen LogP contribution >= 0.6 is 11.3 Å². The number of thiazole rings is 1. The molecular formula is C17H18N4O4S. The maximum absolute atomic E-state index is 12.8. The number of carbonyl (C=O) groups excluding carboxylic acids is 2. The maximum Gasteiger partial charge on any atom is 0.270 e. The number of nitrogens with zero attached hydrogens (tertiary/aromatic N) is 3.